The Hall–Kier alpha value is -1.27. The number of amides is 1. The van der Waals surface area contributed by atoms with E-state index >= 15 is 0 Å². The summed E-state index contributed by atoms with van der Waals surface area (Å²) in [6, 6.07) is 12.0. The number of benzene rings is 2. The Morgan fingerprint density at radius 2 is 1.95 bits per heavy atom. The van der Waals surface area contributed by atoms with Crippen LogP contribution in [0, 0.1) is 3.57 Å². The summed E-state index contributed by atoms with van der Waals surface area (Å²) in [5, 5.41) is 10.5. The Balaban J connectivity index is 2.31. The monoisotopic (exact) mass is 415 g/mol. The van der Waals surface area contributed by atoms with E-state index in [1.54, 1.807) is 36.2 Å². The van der Waals surface area contributed by atoms with Gasteiger partial charge in [-0.15, -0.1) is 0 Å². The predicted molar refractivity (Wildman–Crippen MR) is 92.8 cm³/mol. The molecule has 0 heterocycles. The standard InChI is InChI=1S/C16H15ClINO2/c1-10(12-5-3-4-6-15(12)20)19(2)16(21)13-9-11(17)7-8-14(13)18/h3-10,20H,1-2H3. The van der Waals surface area contributed by atoms with E-state index in [1.807, 2.05) is 25.1 Å². The molecule has 2 rings (SSSR count). The van der Waals surface area contributed by atoms with E-state index in [0.717, 1.165) is 3.57 Å². The lowest BCUT2D eigenvalue weighted by Gasteiger charge is -2.26. The number of phenolic OH excluding ortho intramolecular Hbond substituents is 1. The molecule has 1 N–H and O–H groups in total. The van der Waals surface area contributed by atoms with Crippen LogP contribution in [-0.4, -0.2) is 23.0 Å². The van der Waals surface area contributed by atoms with Gasteiger partial charge in [0.05, 0.1) is 11.6 Å². The molecule has 0 aliphatic rings. The number of carbonyl (C=O) groups excluding carboxylic acids is 1. The van der Waals surface area contributed by atoms with E-state index in [-0.39, 0.29) is 17.7 Å². The fraction of sp³-hybridized carbons (Fsp3) is 0.188. The summed E-state index contributed by atoms with van der Waals surface area (Å²) < 4.78 is 0.846. The Bertz CT molecular complexity index is 675. The van der Waals surface area contributed by atoms with Gasteiger partial charge >= 0.3 is 0 Å². The van der Waals surface area contributed by atoms with Crippen molar-refractivity contribution in [3.8, 4) is 5.75 Å². The van der Waals surface area contributed by atoms with Crippen molar-refractivity contribution < 1.29 is 9.90 Å². The SMILES string of the molecule is CC(c1ccccc1O)N(C)C(=O)c1cc(Cl)ccc1I. The molecule has 5 heteroatoms. The fourth-order valence-electron chi connectivity index (χ4n) is 2.08. The molecule has 0 saturated heterocycles. The summed E-state index contributed by atoms with van der Waals surface area (Å²) in [5.74, 6) is 0.0584. The smallest absolute Gasteiger partial charge is 0.255 e. The van der Waals surface area contributed by atoms with Gasteiger partial charge in [0.2, 0.25) is 0 Å². The van der Waals surface area contributed by atoms with Crippen LogP contribution in [0.2, 0.25) is 5.02 Å². The molecule has 0 aliphatic heterocycles. The predicted octanol–water partition coefficient (Wildman–Crippen LogP) is 4.48. The molecule has 0 saturated carbocycles. The second-order valence-electron chi connectivity index (χ2n) is 4.78. The highest BCUT2D eigenvalue weighted by molar-refractivity contribution is 14.1. The van der Waals surface area contributed by atoms with Crippen molar-refractivity contribution in [3.05, 3.63) is 62.2 Å². The fourth-order valence-corrected chi connectivity index (χ4v) is 2.82. The maximum atomic E-state index is 12.6. The zero-order valence-electron chi connectivity index (χ0n) is 11.7. The number of nitrogens with zero attached hydrogens (tertiary/aromatic N) is 1. The zero-order chi connectivity index (χ0) is 15.6. The number of phenols is 1. The van der Waals surface area contributed by atoms with Crippen molar-refractivity contribution >= 4 is 40.1 Å². The quantitative estimate of drug-likeness (QED) is 0.751. The molecule has 0 aromatic heterocycles. The lowest BCUT2D eigenvalue weighted by Crippen LogP contribution is -2.30. The lowest BCUT2D eigenvalue weighted by atomic mass is 10.1. The van der Waals surface area contributed by atoms with E-state index in [9.17, 15) is 9.90 Å². The maximum Gasteiger partial charge on any atom is 0.255 e. The van der Waals surface area contributed by atoms with Crippen LogP contribution in [0.1, 0.15) is 28.9 Å². The highest BCUT2D eigenvalue weighted by atomic mass is 127. The topological polar surface area (TPSA) is 40.5 Å². The molecule has 3 nitrogen and oxygen atoms in total. The van der Waals surface area contributed by atoms with Crippen molar-refractivity contribution in [2.75, 3.05) is 7.05 Å². The summed E-state index contributed by atoms with van der Waals surface area (Å²) in [6.45, 7) is 1.88. The minimum absolute atomic E-state index is 0.127. The Labute approximate surface area is 142 Å². The van der Waals surface area contributed by atoms with Crippen molar-refractivity contribution in [2.45, 2.75) is 13.0 Å². The van der Waals surface area contributed by atoms with Gasteiger partial charge in [0.15, 0.2) is 0 Å². The average Bonchev–Trinajstić information content (AvgIpc) is 2.48. The zero-order valence-corrected chi connectivity index (χ0v) is 14.6. The van der Waals surface area contributed by atoms with Gasteiger partial charge in [0.1, 0.15) is 5.75 Å². The number of halogens is 2. The molecule has 0 bridgehead atoms. The molecule has 21 heavy (non-hydrogen) atoms. The largest absolute Gasteiger partial charge is 0.508 e. The van der Waals surface area contributed by atoms with Crippen LogP contribution < -0.4 is 0 Å². The first-order valence-electron chi connectivity index (χ1n) is 6.42. The maximum absolute atomic E-state index is 12.6. The summed E-state index contributed by atoms with van der Waals surface area (Å²) in [5.41, 5.74) is 1.28. The molecule has 1 unspecified atom stereocenters. The van der Waals surface area contributed by atoms with Gasteiger partial charge in [0.25, 0.3) is 5.91 Å². The molecule has 1 amide bonds. The van der Waals surface area contributed by atoms with Gasteiger partial charge in [-0.3, -0.25) is 4.79 Å². The Kier molecular flexibility index (Phi) is 5.11. The minimum Gasteiger partial charge on any atom is -0.508 e. The minimum atomic E-state index is -0.242. The summed E-state index contributed by atoms with van der Waals surface area (Å²) in [4.78, 5) is 14.2. The number of para-hydroxylation sites is 1. The van der Waals surface area contributed by atoms with Crippen molar-refractivity contribution in [1.29, 1.82) is 0 Å². The van der Waals surface area contributed by atoms with Crippen molar-refractivity contribution in [3.63, 3.8) is 0 Å². The van der Waals surface area contributed by atoms with Crippen LogP contribution in [0.5, 0.6) is 5.75 Å². The molecule has 2 aromatic rings. The summed E-state index contributed by atoms with van der Waals surface area (Å²) >= 11 is 8.09. The van der Waals surface area contributed by atoms with Crippen LogP contribution in [0.4, 0.5) is 0 Å². The van der Waals surface area contributed by atoms with Crippen LogP contribution in [0.25, 0.3) is 0 Å². The number of hydrogen-bond acceptors (Lipinski definition) is 2. The normalized spacial score (nSPS) is 12.0. The highest BCUT2D eigenvalue weighted by Crippen LogP contribution is 2.29. The van der Waals surface area contributed by atoms with E-state index < -0.39 is 0 Å². The molecular formula is C16H15ClINO2. The summed E-state index contributed by atoms with van der Waals surface area (Å²) in [7, 11) is 1.72. The Morgan fingerprint density at radius 3 is 2.62 bits per heavy atom. The van der Waals surface area contributed by atoms with Crippen LogP contribution in [0.15, 0.2) is 42.5 Å². The van der Waals surface area contributed by atoms with Crippen LogP contribution in [-0.2, 0) is 0 Å². The first-order chi connectivity index (χ1) is 9.91. The second kappa shape index (κ2) is 6.66. The molecular weight excluding hydrogens is 401 g/mol. The molecule has 110 valence electrons. The van der Waals surface area contributed by atoms with Crippen LogP contribution >= 0.6 is 34.2 Å². The molecule has 0 aliphatic carbocycles. The van der Waals surface area contributed by atoms with E-state index in [2.05, 4.69) is 22.6 Å². The molecule has 1 atom stereocenters. The van der Waals surface area contributed by atoms with Gasteiger partial charge in [-0.05, 0) is 53.8 Å². The third kappa shape index (κ3) is 3.49. The van der Waals surface area contributed by atoms with E-state index in [1.165, 1.54) is 0 Å². The number of rotatable bonds is 3. The number of hydrogen-bond donors (Lipinski definition) is 1. The van der Waals surface area contributed by atoms with Gasteiger partial charge < -0.3 is 10.0 Å². The number of carbonyl (C=O) groups is 1. The third-order valence-electron chi connectivity index (χ3n) is 3.45. The highest BCUT2D eigenvalue weighted by Gasteiger charge is 2.22. The lowest BCUT2D eigenvalue weighted by molar-refractivity contribution is 0.0740. The first-order valence-corrected chi connectivity index (χ1v) is 7.87. The second-order valence-corrected chi connectivity index (χ2v) is 6.37. The number of aromatic hydroxyl groups is 1. The Morgan fingerprint density at radius 1 is 1.29 bits per heavy atom. The molecule has 0 radical (unpaired) electrons. The van der Waals surface area contributed by atoms with Crippen molar-refractivity contribution in [2.24, 2.45) is 0 Å². The van der Waals surface area contributed by atoms with E-state index in [4.69, 9.17) is 11.6 Å². The van der Waals surface area contributed by atoms with Gasteiger partial charge in [-0.1, -0.05) is 29.8 Å². The third-order valence-corrected chi connectivity index (χ3v) is 4.62. The van der Waals surface area contributed by atoms with Gasteiger partial charge in [0, 0.05) is 21.2 Å². The summed E-state index contributed by atoms with van der Waals surface area (Å²) in [6.07, 6.45) is 0. The molecule has 0 fully saturated rings. The van der Waals surface area contributed by atoms with Crippen LogP contribution in [0.3, 0.4) is 0 Å². The molecule has 2 aromatic carbocycles. The molecule has 0 spiro atoms. The van der Waals surface area contributed by atoms with E-state index in [0.29, 0.717) is 16.1 Å². The van der Waals surface area contributed by atoms with Gasteiger partial charge in [-0.25, -0.2) is 0 Å². The average molecular weight is 416 g/mol. The first kappa shape index (κ1) is 16.1. The van der Waals surface area contributed by atoms with Gasteiger partial charge in [-0.2, -0.15) is 0 Å². The van der Waals surface area contributed by atoms with Crippen molar-refractivity contribution in [1.82, 2.24) is 4.90 Å².